The van der Waals surface area contributed by atoms with Gasteiger partial charge in [-0.3, -0.25) is 14.3 Å². The lowest BCUT2D eigenvalue weighted by Crippen LogP contribution is -2.16. The molecule has 30 heavy (non-hydrogen) atoms. The number of carbonyl (C=O) groups is 2. The predicted octanol–water partition coefficient (Wildman–Crippen LogP) is 4.56. The number of anilines is 2. The third-order valence-corrected chi connectivity index (χ3v) is 5.98. The molecule has 0 unspecified atom stereocenters. The summed E-state index contributed by atoms with van der Waals surface area (Å²) >= 11 is 0. The molecule has 0 aliphatic heterocycles. The molecule has 0 saturated carbocycles. The monoisotopic (exact) mass is 422 g/mol. The zero-order valence-corrected chi connectivity index (χ0v) is 17.7. The number of nitrogens with one attached hydrogen (secondary N) is 2. The van der Waals surface area contributed by atoms with E-state index in [1.165, 1.54) is 25.1 Å². The van der Waals surface area contributed by atoms with Crippen molar-refractivity contribution in [1.29, 1.82) is 0 Å². The summed E-state index contributed by atoms with van der Waals surface area (Å²) in [6.07, 6.45) is 0. The van der Waals surface area contributed by atoms with Crippen LogP contribution in [0, 0.1) is 13.8 Å². The Bertz CT molecular complexity index is 1220. The zero-order valence-electron chi connectivity index (χ0n) is 16.9. The van der Waals surface area contributed by atoms with Gasteiger partial charge >= 0.3 is 0 Å². The van der Waals surface area contributed by atoms with Crippen molar-refractivity contribution in [2.45, 2.75) is 25.7 Å². The summed E-state index contributed by atoms with van der Waals surface area (Å²) in [6.45, 7) is 5.08. The Labute approximate surface area is 176 Å². The van der Waals surface area contributed by atoms with Gasteiger partial charge in [0.05, 0.1) is 10.6 Å². The highest BCUT2D eigenvalue weighted by molar-refractivity contribution is 7.92. The van der Waals surface area contributed by atoms with Gasteiger partial charge in [-0.15, -0.1) is 0 Å². The van der Waals surface area contributed by atoms with Crippen LogP contribution in [0.4, 0.5) is 11.4 Å². The van der Waals surface area contributed by atoms with Gasteiger partial charge in [0.2, 0.25) is 0 Å². The van der Waals surface area contributed by atoms with Crippen LogP contribution in [-0.2, 0) is 10.0 Å². The van der Waals surface area contributed by atoms with Crippen molar-refractivity contribution in [2.24, 2.45) is 0 Å². The van der Waals surface area contributed by atoms with E-state index in [1.807, 2.05) is 6.92 Å². The van der Waals surface area contributed by atoms with Gasteiger partial charge in [-0.05, 0) is 62.7 Å². The summed E-state index contributed by atoms with van der Waals surface area (Å²) < 4.78 is 27.9. The highest BCUT2D eigenvalue weighted by Gasteiger charge is 2.17. The SMILES string of the molecule is CC(=O)c1cccc(NC(=O)c2ccc(C)c(NS(=O)(=O)c3ccc(C)cc3)c2)c1. The largest absolute Gasteiger partial charge is 0.322 e. The minimum absolute atomic E-state index is 0.103. The highest BCUT2D eigenvalue weighted by Crippen LogP contribution is 2.22. The number of Topliss-reactive ketones (excluding diaryl/α,β-unsaturated/α-hetero) is 1. The molecular weight excluding hydrogens is 400 g/mol. The average molecular weight is 423 g/mol. The Hall–Kier alpha value is -3.45. The van der Waals surface area contributed by atoms with Crippen LogP contribution < -0.4 is 10.0 Å². The molecule has 3 aromatic rings. The van der Waals surface area contributed by atoms with E-state index in [1.54, 1.807) is 55.5 Å². The molecule has 2 N–H and O–H groups in total. The van der Waals surface area contributed by atoms with Crippen molar-refractivity contribution in [3.8, 4) is 0 Å². The molecule has 0 aliphatic rings. The van der Waals surface area contributed by atoms with Crippen LogP contribution >= 0.6 is 0 Å². The molecule has 1 amide bonds. The summed E-state index contributed by atoms with van der Waals surface area (Å²) in [7, 11) is -3.79. The lowest BCUT2D eigenvalue weighted by atomic mass is 10.1. The van der Waals surface area contributed by atoms with Gasteiger partial charge in [-0.25, -0.2) is 8.42 Å². The molecule has 6 nitrogen and oxygen atoms in total. The number of hydrogen-bond donors (Lipinski definition) is 2. The summed E-state index contributed by atoms with van der Waals surface area (Å²) in [4.78, 5) is 24.3. The fourth-order valence-corrected chi connectivity index (χ4v) is 3.94. The van der Waals surface area contributed by atoms with E-state index in [0.29, 0.717) is 22.5 Å². The van der Waals surface area contributed by atoms with E-state index in [-0.39, 0.29) is 16.2 Å². The van der Waals surface area contributed by atoms with Crippen molar-refractivity contribution in [2.75, 3.05) is 10.0 Å². The molecular formula is C23H22N2O4S. The Morgan fingerprint density at radius 1 is 0.833 bits per heavy atom. The zero-order chi connectivity index (χ0) is 21.9. The Morgan fingerprint density at radius 3 is 2.20 bits per heavy atom. The maximum absolute atomic E-state index is 12.7. The molecule has 0 heterocycles. The lowest BCUT2D eigenvalue weighted by Gasteiger charge is -2.13. The first-order valence-electron chi connectivity index (χ1n) is 9.28. The smallest absolute Gasteiger partial charge is 0.261 e. The number of hydrogen-bond acceptors (Lipinski definition) is 4. The van der Waals surface area contributed by atoms with Crippen LogP contribution in [0.25, 0.3) is 0 Å². The second kappa shape index (κ2) is 8.51. The maximum atomic E-state index is 12.7. The van der Waals surface area contributed by atoms with Gasteiger partial charge < -0.3 is 5.32 Å². The van der Waals surface area contributed by atoms with Crippen LogP contribution in [0.15, 0.2) is 71.6 Å². The average Bonchev–Trinajstić information content (AvgIpc) is 2.70. The van der Waals surface area contributed by atoms with E-state index >= 15 is 0 Å². The lowest BCUT2D eigenvalue weighted by molar-refractivity contribution is 0.101. The molecule has 0 aliphatic carbocycles. The first-order valence-corrected chi connectivity index (χ1v) is 10.8. The standard InChI is InChI=1S/C23H22N2O4S/c1-15-7-11-21(12-8-15)30(28,29)25-22-14-19(10-9-16(22)2)23(27)24-20-6-4-5-18(13-20)17(3)26/h4-14,25H,1-3H3,(H,24,27). The van der Waals surface area contributed by atoms with Crippen molar-refractivity contribution in [1.82, 2.24) is 0 Å². The van der Waals surface area contributed by atoms with E-state index < -0.39 is 15.9 Å². The summed E-state index contributed by atoms with van der Waals surface area (Å²) in [5, 5.41) is 2.73. The third-order valence-electron chi connectivity index (χ3n) is 4.60. The van der Waals surface area contributed by atoms with Crippen LogP contribution in [0.5, 0.6) is 0 Å². The topological polar surface area (TPSA) is 92.3 Å². The Balaban J connectivity index is 1.84. The van der Waals surface area contributed by atoms with E-state index in [0.717, 1.165) is 5.56 Å². The Morgan fingerprint density at radius 2 is 1.53 bits per heavy atom. The van der Waals surface area contributed by atoms with Crippen molar-refractivity contribution in [3.63, 3.8) is 0 Å². The quantitative estimate of drug-likeness (QED) is 0.570. The van der Waals surface area contributed by atoms with Gasteiger partial charge in [-0.1, -0.05) is 35.9 Å². The molecule has 0 radical (unpaired) electrons. The second-order valence-corrected chi connectivity index (χ2v) is 8.72. The first-order chi connectivity index (χ1) is 14.2. The predicted molar refractivity (Wildman–Crippen MR) is 118 cm³/mol. The number of sulfonamides is 1. The fraction of sp³-hybridized carbons (Fsp3) is 0.130. The number of benzene rings is 3. The molecule has 7 heteroatoms. The van der Waals surface area contributed by atoms with E-state index in [2.05, 4.69) is 10.0 Å². The maximum Gasteiger partial charge on any atom is 0.261 e. The summed E-state index contributed by atoms with van der Waals surface area (Å²) in [5.41, 5.74) is 3.22. The molecule has 154 valence electrons. The number of aryl methyl sites for hydroxylation is 2. The van der Waals surface area contributed by atoms with Crippen molar-refractivity contribution < 1.29 is 18.0 Å². The molecule has 3 aromatic carbocycles. The van der Waals surface area contributed by atoms with Crippen molar-refractivity contribution in [3.05, 3.63) is 89.0 Å². The summed E-state index contributed by atoms with van der Waals surface area (Å²) in [6, 6.07) is 17.9. The first kappa shape index (κ1) is 21.3. The molecule has 0 aromatic heterocycles. The van der Waals surface area contributed by atoms with Gasteiger partial charge in [0.15, 0.2) is 5.78 Å². The van der Waals surface area contributed by atoms with Gasteiger partial charge in [0, 0.05) is 16.8 Å². The molecule has 0 saturated heterocycles. The minimum Gasteiger partial charge on any atom is -0.322 e. The van der Waals surface area contributed by atoms with Crippen molar-refractivity contribution >= 4 is 33.1 Å². The molecule has 0 fully saturated rings. The second-order valence-electron chi connectivity index (χ2n) is 7.04. The Kier molecular flexibility index (Phi) is 6.03. The molecule has 0 bridgehead atoms. The van der Waals surface area contributed by atoms with Gasteiger partial charge in [0.1, 0.15) is 0 Å². The van der Waals surface area contributed by atoms with Gasteiger partial charge in [-0.2, -0.15) is 0 Å². The molecule has 0 atom stereocenters. The molecule has 3 rings (SSSR count). The molecule has 0 spiro atoms. The van der Waals surface area contributed by atoms with E-state index in [4.69, 9.17) is 0 Å². The minimum atomic E-state index is -3.79. The van der Waals surface area contributed by atoms with Gasteiger partial charge in [0.25, 0.3) is 15.9 Å². The normalized spacial score (nSPS) is 11.0. The number of rotatable bonds is 6. The fourth-order valence-electron chi connectivity index (χ4n) is 2.81. The van der Waals surface area contributed by atoms with Crippen LogP contribution in [0.1, 0.15) is 38.8 Å². The van der Waals surface area contributed by atoms with Crippen LogP contribution in [0.3, 0.4) is 0 Å². The third kappa shape index (κ3) is 4.93. The van der Waals surface area contributed by atoms with E-state index in [9.17, 15) is 18.0 Å². The highest BCUT2D eigenvalue weighted by atomic mass is 32.2. The number of amides is 1. The number of carbonyl (C=O) groups excluding carboxylic acids is 2. The summed E-state index contributed by atoms with van der Waals surface area (Å²) in [5.74, 6) is -0.513. The van der Waals surface area contributed by atoms with Crippen LogP contribution in [0.2, 0.25) is 0 Å². The van der Waals surface area contributed by atoms with Crippen LogP contribution in [-0.4, -0.2) is 20.1 Å². The number of ketones is 1.